The SMILES string of the molecule is Cc1ccccc1CN(C(=O)CN(c1ccccc1C)S(=O)(=O)c1ccccc1)C(C)C(=O)NCC(C)C. The summed E-state index contributed by atoms with van der Waals surface area (Å²) < 4.78 is 28.8. The molecule has 3 aromatic carbocycles. The quantitative estimate of drug-likeness (QED) is 0.386. The summed E-state index contributed by atoms with van der Waals surface area (Å²) in [5.41, 5.74) is 3.00. The van der Waals surface area contributed by atoms with Gasteiger partial charge in [-0.15, -0.1) is 0 Å². The Morgan fingerprint density at radius 3 is 2.00 bits per heavy atom. The molecule has 202 valence electrons. The number of sulfonamides is 1. The van der Waals surface area contributed by atoms with E-state index in [9.17, 15) is 18.0 Å². The standard InChI is InChI=1S/C30H37N3O4S/c1-22(2)19-31-30(35)25(5)32(20-26-15-11-9-13-23(26)3)29(34)21-33(28-18-12-10-14-24(28)4)38(36,37)27-16-7-6-8-17-27/h6-18,22,25H,19-21H2,1-5H3,(H,31,35). The van der Waals surface area contributed by atoms with E-state index in [-0.39, 0.29) is 23.3 Å². The van der Waals surface area contributed by atoms with Crippen molar-refractivity contribution in [2.75, 3.05) is 17.4 Å². The van der Waals surface area contributed by atoms with Crippen molar-refractivity contribution >= 4 is 27.5 Å². The fourth-order valence-corrected chi connectivity index (χ4v) is 5.58. The number of carbonyl (C=O) groups is 2. The van der Waals surface area contributed by atoms with E-state index in [2.05, 4.69) is 5.32 Å². The fraction of sp³-hybridized carbons (Fsp3) is 0.333. The van der Waals surface area contributed by atoms with Crippen LogP contribution in [0.1, 0.15) is 37.5 Å². The lowest BCUT2D eigenvalue weighted by Gasteiger charge is -2.32. The molecule has 0 bridgehead atoms. The molecule has 0 aliphatic rings. The number of anilines is 1. The van der Waals surface area contributed by atoms with Gasteiger partial charge in [0.25, 0.3) is 10.0 Å². The maximum Gasteiger partial charge on any atom is 0.264 e. The molecule has 0 heterocycles. The molecule has 3 aromatic rings. The van der Waals surface area contributed by atoms with Gasteiger partial charge in [-0.3, -0.25) is 13.9 Å². The predicted octanol–water partition coefficient (Wildman–Crippen LogP) is 4.69. The summed E-state index contributed by atoms with van der Waals surface area (Å²) in [6, 6.07) is 22.0. The number of nitrogens with one attached hydrogen (secondary N) is 1. The second-order valence-corrected chi connectivity index (χ2v) is 11.7. The molecule has 1 unspecified atom stereocenters. The Kier molecular flexibility index (Phi) is 9.69. The average molecular weight is 536 g/mol. The van der Waals surface area contributed by atoms with Gasteiger partial charge < -0.3 is 10.2 Å². The van der Waals surface area contributed by atoms with Gasteiger partial charge in [0.05, 0.1) is 10.6 Å². The van der Waals surface area contributed by atoms with E-state index in [0.717, 1.165) is 15.4 Å². The van der Waals surface area contributed by atoms with Gasteiger partial charge >= 0.3 is 0 Å². The van der Waals surface area contributed by atoms with Gasteiger partial charge in [0, 0.05) is 13.1 Å². The van der Waals surface area contributed by atoms with Crippen LogP contribution >= 0.6 is 0 Å². The molecule has 0 aliphatic carbocycles. The Morgan fingerprint density at radius 1 is 0.816 bits per heavy atom. The lowest BCUT2D eigenvalue weighted by molar-refractivity contribution is -0.139. The van der Waals surface area contributed by atoms with Gasteiger partial charge in [-0.1, -0.05) is 74.5 Å². The third kappa shape index (κ3) is 7.01. The summed E-state index contributed by atoms with van der Waals surface area (Å²) in [6.45, 7) is 9.63. The molecule has 0 aliphatic heterocycles. The predicted molar refractivity (Wildman–Crippen MR) is 151 cm³/mol. The number of para-hydroxylation sites is 1. The highest BCUT2D eigenvalue weighted by molar-refractivity contribution is 7.92. The van der Waals surface area contributed by atoms with E-state index in [1.165, 1.54) is 17.0 Å². The molecule has 3 rings (SSSR count). The summed E-state index contributed by atoms with van der Waals surface area (Å²) in [4.78, 5) is 28.6. The Morgan fingerprint density at radius 2 is 1.39 bits per heavy atom. The van der Waals surface area contributed by atoms with Gasteiger partial charge in [0.1, 0.15) is 12.6 Å². The average Bonchev–Trinajstić information content (AvgIpc) is 2.90. The summed E-state index contributed by atoms with van der Waals surface area (Å²) in [5, 5.41) is 2.90. The van der Waals surface area contributed by atoms with Crippen LogP contribution in [0.5, 0.6) is 0 Å². The van der Waals surface area contributed by atoms with Crippen molar-refractivity contribution in [2.24, 2.45) is 5.92 Å². The normalized spacial score (nSPS) is 12.2. The molecule has 0 fully saturated rings. The lowest BCUT2D eigenvalue weighted by atomic mass is 10.1. The van der Waals surface area contributed by atoms with Crippen molar-refractivity contribution in [1.29, 1.82) is 0 Å². The van der Waals surface area contributed by atoms with E-state index < -0.39 is 28.5 Å². The summed E-state index contributed by atoms with van der Waals surface area (Å²) >= 11 is 0. The van der Waals surface area contributed by atoms with Gasteiger partial charge in [0.2, 0.25) is 11.8 Å². The number of amides is 2. The first kappa shape index (κ1) is 28.9. The van der Waals surface area contributed by atoms with Crippen LogP contribution in [-0.4, -0.2) is 44.3 Å². The smallest absolute Gasteiger partial charge is 0.264 e. The third-order valence-corrected chi connectivity index (χ3v) is 8.22. The summed E-state index contributed by atoms with van der Waals surface area (Å²) in [7, 11) is -4.07. The highest BCUT2D eigenvalue weighted by Gasteiger charge is 2.33. The lowest BCUT2D eigenvalue weighted by Crippen LogP contribution is -2.51. The van der Waals surface area contributed by atoms with E-state index in [1.54, 1.807) is 50.2 Å². The molecule has 0 spiro atoms. The monoisotopic (exact) mass is 535 g/mol. The van der Waals surface area contributed by atoms with Crippen molar-refractivity contribution in [2.45, 2.75) is 52.1 Å². The number of nitrogens with zero attached hydrogens (tertiary/aromatic N) is 2. The van der Waals surface area contributed by atoms with Crippen LogP contribution in [-0.2, 0) is 26.2 Å². The maximum atomic E-state index is 14.0. The van der Waals surface area contributed by atoms with Crippen LogP contribution < -0.4 is 9.62 Å². The molecule has 8 heteroatoms. The Hall–Kier alpha value is -3.65. The highest BCUT2D eigenvalue weighted by Crippen LogP contribution is 2.27. The largest absolute Gasteiger partial charge is 0.354 e. The molecule has 7 nitrogen and oxygen atoms in total. The molecule has 38 heavy (non-hydrogen) atoms. The molecular formula is C30H37N3O4S. The zero-order chi connectivity index (χ0) is 27.9. The van der Waals surface area contributed by atoms with Crippen LogP contribution in [0.15, 0.2) is 83.8 Å². The van der Waals surface area contributed by atoms with Crippen molar-refractivity contribution < 1.29 is 18.0 Å². The van der Waals surface area contributed by atoms with Crippen molar-refractivity contribution in [1.82, 2.24) is 10.2 Å². The minimum Gasteiger partial charge on any atom is -0.354 e. The third-order valence-electron chi connectivity index (χ3n) is 6.45. The zero-order valence-corrected chi connectivity index (χ0v) is 23.5. The first-order chi connectivity index (χ1) is 18.0. The molecule has 0 radical (unpaired) electrons. The summed E-state index contributed by atoms with van der Waals surface area (Å²) in [6.07, 6.45) is 0. The van der Waals surface area contributed by atoms with Gasteiger partial charge in [-0.2, -0.15) is 0 Å². The highest BCUT2D eigenvalue weighted by atomic mass is 32.2. The Labute approximate surface area is 226 Å². The van der Waals surface area contributed by atoms with Crippen LogP contribution in [0.3, 0.4) is 0 Å². The van der Waals surface area contributed by atoms with Crippen LogP contribution in [0.2, 0.25) is 0 Å². The van der Waals surface area contributed by atoms with Crippen molar-refractivity contribution in [3.05, 3.63) is 95.6 Å². The van der Waals surface area contributed by atoms with E-state index in [4.69, 9.17) is 0 Å². The minimum atomic E-state index is -4.07. The summed E-state index contributed by atoms with van der Waals surface area (Å²) in [5.74, 6) is -0.503. The van der Waals surface area contributed by atoms with Crippen molar-refractivity contribution in [3.63, 3.8) is 0 Å². The van der Waals surface area contributed by atoms with Gasteiger partial charge in [-0.25, -0.2) is 8.42 Å². The van der Waals surface area contributed by atoms with Crippen molar-refractivity contribution in [3.8, 4) is 0 Å². The number of hydrogen-bond donors (Lipinski definition) is 1. The minimum absolute atomic E-state index is 0.0873. The molecule has 2 amide bonds. The second kappa shape index (κ2) is 12.7. The number of aryl methyl sites for hydroxylation is 2. The zero-order valence-electron chi connectivity index (χ0n) is 22.7. The van der Waals surface area contributed by atoms with Crippen LogP contribution in [0, 0.1) is 19.8 Å². The molecule has 0 saturated heterocycles. The second-order valence-electron chi connectivity index (χ2n) is 9.87. The Bertz CT molecular complexity index is 1360. The maximum absolute atomic E-state index is 14.0. The molecule has 0 aromatic heterocycles. The van der Waals surface area contributed by atoms with E-state index in [1.807, 2.05) is 51.1 Å². The van der Waals surface area contributed by atoms with Crippen LogP contribution in [0.25, 0.3) is 0 Å². The number of benzene rings is 3. The van der Waals surface area contributed by atoms with E-state index >= 15 is 0 Å². The van der Waals surface area contributed by atoms with E-state index in [0.29, 0.717) is 17.8 Å². The number of rotatable bonds is 11. The fourth-order valence-electron chi connectivity index (χ4n) is 4.08. The first-order valence-electron chi connectivity index (χ1n) is 12.8. The topological polar surface area (TPSA) is 86.8 Å². The van der Waals surface area contributed by atoms with Crippen LogP contribution in [0.4, 0.5) is 5.69 Å². The number of carbonyl (C=O) groups excluding carboxylic acids is 2. The Balaban J connectivity index is 2.02. The molecule has 1 N–H and O–H groups in total. The molecule has 0 saturated carbocycles. The van der Waals surface area contributed by atoms with Gasteiger partial charge in [0.15, 0.2) is 0 Å². The van der Waals surface area contributed by atoms with Gasteiger partial charge in [-0.05, 0) is 61.6 Å². The first-order valence-corrected chi connectivity index (χ1v) is 14.2. The number of hydrogen-bond acceptors (Lipinski definition) is 4. The molecule has 1 atom stereocenters. The molecular weight excluding hydrogens is 498 g/mol.